The molecule has 6 heteroatoms. The molecule has 126 valence electrons. The number of halogens is 1. The van der Waals surface area contributed by atoms with Gasteiger partial charge in [0.25, 0.3) is 0 Å². The summed E-state index contributed by atoms with van der Waals surface area (Å²) in [5, 5.41) is 8.22. The molecule has 1 aliphatic rings. The third kappa shape index (κ3) is 3.28. The van der Waals surface area contributed by atoms with E-state index in [0.29, 0.717) is 24.5 Å². The summed E-state index contributed by atoms with van der Waals surface area (Å²) in [6.45, 7) is 1.27. The largest absolute Gasteiger partial charge is 0.338 e. The number of nitrogens with one attached hydrogen (secondary N) is 1. The number of hydrogen-bond donors (Lipinski definition) is 1. The lowest BCUT2D eigenvalue weighted by Gasteiger charge is -2.27. The average Bonchev–Trinajstić information content (AvgIpc) is 3.05. The van der Waals surface area contributed by atoms with E-state index >= 15 is 0 Å². The number of hydrogen-bond acceptors (Lipinski definition) is 3. The minimum Gasteiger partial charge on any atom is -0.338 e. The Balaban J connectivity index is 1.54. The summed E-state index contributed by atoms with van der Waals surface area (Å²) in [5.74, 6) is 0.106. The first-order chi connectivity index (χ1) is 12.2. The highest BCUT2D eigenvalue weighted by atomic mass is 35.5. The molecular weight excluding hydrogens is 336 g/mol. The zero-order chi connectivity index (χ0) is 17.2. The number of benzene rings is 1. The number of carbonyl (C=O) groups excluding carboxylic acids is 1. The quantitative estimate of drug-likeness (QED) is 0.787. The Bertz CT molecular complexity index is 907. The Hall–Kier alpha value is -2.66. The zero-order valence-corrected chi connectivity index (χ0v) is 14.3. The maximum Gasteiger partial charge on any atom is 0.227 e. The molecule has 0 saturated carbocycles. The number of fused-ring (bicyclic) bond motifs is 1. The summed E-state index contributed by atoms with van der Waals surface area (Å²) in [4.78, 5) is 18.6. The van der Waals surface area contributed by atoms with Gasteiger partial charge in [-0.1, -0.05) is 23.7 Å². The predicted octanol–water partition coefficient (Wildman–Crippen LogP) is 3.25. The van der Waals surface area contributed by atoms with Crippen LogP contribution in [0.4, 0.5) is 0 Å². The first-order valence-corrected chi connectivity index (χ1v) is 8.57. The average molecular weight is 353 g/mol. The number of amides is 1. The second-order valence-electron chi connectivity index (χ2n) is 6.14. The molecule has 25 heavy (non-hydrogen) atoms. The second-order valence-corrected chi connectivity index (χ2v) is 6.57. The van der Waals surface area contributed by atoms with Gasteiger partial charge in [0.1, 0.15) is 0 Å². The van der Waals surface area contributed by atoms with Crippen molar-refractivity contribution in [2.75, 3.05) is 6.54 Å². The van der Waals surface area contributed by atoms with Crippen LogP contribution in [0, 0.1) is 0 Å². The number of pyridine rings is 1. The number of nitrogens with zero attached hydrogens (tertiary/aromatic N) is 3. The number of H-pyrrole nitrogens is 1. The van der Waals surface area contributed by atoms with Crippen molar-refractivity contribution >= 4 is 17.5 Å². The van der Waals surface area contributed by atoms with E-state index in [1.54, 1.807) is 12.4 Å². The van der Waals surface area contributed by atoms with Gasteiger partial charge in [0.05, 0.1) is 12.1 Å². The van der Waals surface area contributed by atoms with Gasteiger partial charge in [-0.2, -0.15) is 5.10 Å². The van der Waals surface area contributed by atoms with Crippen LogP contribution in [0.25, 0.3) is 11.3 Å². The summed E-state index contributed by atoms with van der Waals surface area (Å²) in [5.41, 5.74) is 5.05. The molecule has 1 N–H and O–H groups in total. The van der Waals surface area contributed by atoms with Crippen molar-refractivity contribution in [2.45, 2.75) is 19.4 Å². The van der Waals surface area contributed by atoms with Crippen LogP contribution in [-0.4, -0.2) is 32.5 Å². The molecule has 0 spiro atoms. The topological polar surface area (TPSA) is 61.9 Å². The lowest BCUT2D eigenvalue weighted by Crippen LogP contribution is -2.36. The van der Waals surface area contributed by atoms with Gasteiger partial charge in [-0.15, -0.1) is 0 Å². The van der Waals surface area contributed by atoms with Crippen molar-refractivity contribution in [3.63, 3.8) is 0 Å². The number of aromatic nitrogens is 3. The van der Waals surface area contributed by atoms with E-state index in [9.17, 15) is 4.79 Å². The maximum atomic E-state index is 12.7. The molecule has 0 saturated heterocycles. The normalized spacial score (nSPS) is 13.6. The van der Waals surface area contributed by atoms with Gasteiger partial charge in [0.15, 0.2) is 0 Å². The first kappa shape index (κ1) is 15.8. The highest BCUT2D eigenvalue weighted by Gasteiger charge is 2.25. The molecule has 2 aromatic heterocycles. The minimum absolute atomic E-state index is 0.106. The van der Waals surface area contributed by atoms with E-state index in [1.165, 1.54) is 0 Å². The van der Waals surface area contributed by atoms with Crippen molar-refractivity contribution < 1.29 is 4.79 Å². The van der Waals surface area contributed by atoms with Gasteiger partial charge >= 0.3 is 0 Å². The fraction of sp³-hybridized carbons (Fsp3) is 0.211. The van der Waals surface area contributed by atoms with E-state index < -0.39 is 0 Å². The smallest absolute Gasteiger partial charge is 0.227 e. The molecule has 1 amide bonds. The summed E-state index contributed by atoms with van der Waals surface area (Å²) in [6.07, 6.45) is 4.65. The van der Waals surface area contributed by atoms with Crippen molar-refractivity contribution in [1.29, 1.82) is 0 Å². The summed E-state index contributed by atoms with van der Waals surface area (Å²) in [6, 6.07) is 11.3. The minimum atomic E-state index is 0.106. The Kier molecular flexibility index (Phi) is 4.24. The molecule has 0 radical (unpaired) electrons. The van der Waals surface area contributed by atoms with E-state index in [0.717, 1.165) is 34.5 Å². The van der Waals surface area contributed by atoms with Crippen LogP contribution >= 0.6 is 11.6 Å². The van der Waals surface area contributed by atoms with E-state index in [1.807, 2.05) is 41.3 Å². The van der Waals surface area contributed by atoms with Crippen LogP contribution in [0.1, 0.15) is 16.8 Å². The van der Waals surface area contributed by atoms with Crippen molar-refractivity contribution in [3.05, 3.63) is 70.6 Å². The molecule has 4 rings (SSSR count). The summed E-state index contributed by atoms with van der Waals surface area (Å²) < 4.78 is 0. The molecule has 0 bridgehead atoms. The van der Waals surface area contributed by atoms with E-state index in [4.69, 9.17) is 11.6 Å². The van der Waals surface area contributed by atoms with Gasteiger partial charge < -0.3 is 4.90 Å². The lowest BCUT2D eigenvalue weighted by molar-refractivity contribution is -0.131. The molecule has 0 unspecified atom stereocenters. The Morgan fingerprint density at radius 1 is 1.24 bits per heavy atom. The summed E-state index contributed by atoms with van der Waals surface area (Å²) in [7, 11) is 0. The Morgan fingerprint density at radius 2 is 2.08 bits per heavy atom. The van der Waals surface area contributed by atoms with Crippen LogP contribution in [0.5, 0.6) is 0 Å². The zero-order valence-electron chi connectivity index (χ0n) is 13.6. The highest BCUT2D eigenvalue weighted by Crippen LogP contribution is 2.28. The van der Waals surface area contributed by atoms with Crippen molar-refractivity contribution in [1.82, 2.24) is 20.1 Å². The highest BCUT2D eigenvalue weighted by molar-refractivity contribution is 6.30. The predicted molar refractivity (Wildman–Crippen MR) is 96.1 cm³/mol. The molecule has 3 heterocycles. The molecule has 0 fully saturated rings. The standard InChI is InChI=1S/C19H17ClN4O/c20-15-3-1-2-13(10-15)11-18(25)24-9-6-17-16(12-24)19(23-22-17)14-4-7-21-8-5-14/h1-5,7-8,10H,6,9,11-12H2,(H,22,23). The van der Waals surface area contributed by atoms with Crippen LogP contribution in [0.2, 0.25) is 5.02 Å². The van der Waals surface area contributed by atoms with E-state index in [-0.39, 0.29) is 5.91 Å². The second kappa shape index (κ2) is 6.69. The van der Waals surface area contributed by atoms with Gasteiger partial charge in [-0.05, 0) is 29.8 Å². The van der Waals surface area contributed by atoms with Crippen LogP contribution in [0.3, 0.4) is 0 Å². The Labute approximate surface area is 150 Å². The van der Waals surface area contributed by atoms with E-state index in [2.05, 4.69) is 15.2 Å². The van der Waals surface area contributed by atoms with Crippen LogP contribution in [0.15, 0.2) is 48.8 Å². The third-order valence-corrected chi connectivity index (χ3v) is 4.72. The maximum absolute atomic E-state index is 12.7. The number of aromatic amines is 1. The Morgan fingerprint density at radius 3 is 2.88 bits per heavy atom. The SMILES string of the molecule is O=C(Cc1cccc(Cl)c1)N1CCc2[nH]nc(-c3ccncc3)c2C1. The van der Waals surface area contributed by atoms with Gasteiger partial charge in [-0.25, -0.2) is 0 Å². The lowest BCUT2D eigenvalue weighted by atomic mass is 10.0. The van der Waals surface area contributed by atoms with Gasteiger partial charge in [0.2, 0.25) is 5.91 Å². The number of rotatable bonds is 3. The molecule has 0 aliphatic carbocycles. The van der Waals surface area contributed by atoms with Gasteiger partial charge in [-0.3, -0.25) is 14.9 Å². The molecule has 1 aromatic carbocycles. The fourth-order valence-electron chi connectivity index (χ4n) is 3.19. The van der Waals surface area contributed by atoms with Crippen LogP contribution in [-0.2, 0) is 24.2 Å². The summed E-state index contributed by atoms with van der Waals surface area (Å²) >= 11 is 6.01. The van der Waals surface area contributed by atoms with Crippen LogP contribution < -0.4 is 0 Å². The van der Waals surface area contributed by atoms with Gasteiger partial charge in [0, 0.05) is 53.7 Å². The molecular formula is C19H17ClN4O. The van der Waals surface area contributed by atoms with Crippen molar-refractivity contribution in [2.24, 2.45) is 0 Å². The van der Waals surface area contributed by atoms with Crippen molar-refractivity contribution in [3.8, 4) is 11.3 Å². The first-order valence-electron chi connectivity index (χ1n) is 8.19. The third-order valence-electron chi connectivity index (χ3n) is 4.48. The molecule has 3 aromatic rings. The monoisotopic (exact) mass is 352 g/mol. The fourth-order valence-corrected chi connectivity index (χ4v) is 3.40. The molecule has 0 atom stereocenters. The molecule has 5 nitrogen and oxygen atoms in total. The molecule has 1 aliphatic heterocycles. The number of carbonyl (C=O) groups is 1.